The van der Waals surface area contributed by atoms with Crippen molar-refractivity contribution in [2.24, 2.45) is 11.3 Å². The Bertz CT molecular complexity index is 2560. The van der Waals surface area contributed by atoms with Gasteiger partial charge in [0.15, 0.2) is 11.6 Å². The Labute approximate surface area is 371 Å². The molecule has 3 atom stereocenters. The van der Waals surface area contributed by atoms with Crippen molar-refractivity contribution in [1.29, 1.82) is 0 Å². The third-order valence-corrected chi connectivity index (χ3v) is 14.8. The van der Waals surface area contributed by atoms with E-state index in [1.807, 2.05) is 24.3 Å². The number of hydrogen-bond donors (Lipinski definition) is 2. The number of halogens is 1. The average molecular weight is 873 g/mol. The second kappa shape index (κ2) is 16.8. The first-order valence-corrected chi connectivity index (χ1v) is 23.4. The van der Waals surface area contributed by atoms with E-state index in [2.05, 4.69) is 37.0 Å². The van der Waals surface area contributed by atoms with Gasteiger partial charge in [-0.25, -0.2) is 4.39 Å². The number of amides is 1. The smallest absolute Gasteiger partial charge is 0.319 e. The van der Waals surface area contributed by atoms with Crippen molar-refractivity contribution in [1.82, 2.24) is 40.1 Å². The van der Waals surface area contributed by atoms with E-state index in [-0.39, 0.29) is 41.3 Å². The van der Waals surface area contributed by atoms with Crippen LogP contribution in [0.2, 0.25) is 0 Å². The summed E-state index contributed by atoms with van der Waals surface area (Å²) in [7, 11) is 0. The highest BCUT2D eigenvalue weighted by molar-refractivity contribution is 6.01. The van der Waals surface area contributed by atoms with E-state index >= 15 is 4.39 Å². The maximum absolute atomic E-state index is 17.0. The maximum atomic E-state index is 17.0. The lowest BCUT2D eigenvalue weighted by atomic mass is 9.72. The molecule has 0 saturated carbocycles. The van der Waals surface area contributed by atoms with Crippen LogP contribution in [0.15, 0.2) is 47.1 Å². The van der Waals surface area contributed by atoms with E-state index in [9.17, 15) is 14.7 Å². The van der Waals surface area contributed by atoms with Crippen molar-refractivity contribution >= 4 is 45.5 Å². The molecule has 15 nitrogen and oxygen atoms in total. The molecule has 3 aromatic heterocycles. The molecule has 64 heavy (non-hydrogen) atoms. The Morgan fingerprint density at radius 1 is 1.00 bits per heavy atom. The number of aryl methyl sites for hydroxylation is 1. The molecule has 2 unspecified atom stereocenters. The second-order valence-corrected chi connectivity index (χ2v) is 19.3. The Kier molecular flexibility index (Phi) is 10.9. The topological polar surface area (TPSA) is 157 Å². The van der Waals surface area contributed by atoms with Gasteiger partial charge in [-0.3, -0.25) is 14.7 Å². The van der Waals surface area contributed by atoms with Crippen LogP contribution in [-0.2, 0) is 22.4 Å². The molecule has 0 aliphatic carbocycles. The molecule has 6 aliphatic rings. The van der Waals surface area contributed by atoms with Gasteiger partial charge in [-0.05, 0) is 92.4 Å². The average Bonchev–Trinajstić information content (AvgIpc) is 4.04. The summed E-state index contributed by atoms with van der Waals surface area (Å²) in [6.45, 7) is 12.5. The van der Waals surface area contributed by atoms with Gasteiger partial charge in [0.25, 0.3) is 0 Å². The van der Waals surface area contributed by atoms with E-state index in [4.69, 9.17) is 24.2 Å². The second-order valence-electron chi connectivity index (χ2n) is 19.3. The van der Waals surface area contributed by atoms with E-state index in [1.54, 1.807) is 23.2 Å². The molecule has 2 aromatic carbocycles. The lowest BCUT2D eigenvalue weighted by Gasteiger charge is -2.61. The molecule has 6 aliphatic heterocycles. The van der Waals surface area contributed by atoms with Gasteiger partial charge >= 0.3 is 6.01 Å². The Morgan fingerprint density at radius 2 is 1.81 bits per heavy atom. The van der Waals surface area contributed by atoms with Gasteiger partial charge in [-0.2, -0.15) is 9.97 Å². The van der Waals surface area contributed by atoms with Gasteiger partial charge < -0.3 is 44.1 Å². The number of piperidine rings is 1. The molecule has 2 N–H and O–H groups in total. The summed E-state index contributed by atoms with van der Waals surface area (Å²) >= 11 is 0. The number of fused-ring (bicyclic) bond motifs is 4. The monoisotopic (exact) mass is 872 g/mol. The van der Waals surface area contributed by atoms with E-state index in [0.717, 1.165) is 139 Å². The van der Waals surface area contributed by atoms with Crippen LogP contribution in [-0.4, -0.2) is 149 Å². The fraction of sp³-hybridized carbons (Fsp3) is 0.542. The fourth-order valence-corrected chi connectivity index (χ4v) is 11.7. The van der Waals surface area contributed by atoms with Crippen molar-refractivity contribution in [3.05, 3.63) is 59.7 Å². The summed E-state index contributed by atoms with van der Waals surface area (Å²) < 4.78 is 28.8. The van der Waals surface area contributed by atoms with Crippen LogP contribution >= 0.6 is 0 Å². The molecule has 0 radical (unpaired) electrons. The highest BCUT2D eigenvalue weighted by Gasteiger charge is 2.52. The summed E-state index contributed by atoms with van der Waals surface area (Å²) in [5, 5.41) is 20.9. The Hall–Kier alpha value is -5.45. The van der Waals surface area contributed by atoms with Crippen LogP contribution in [0.1, 0.15) is 56.8 Å². The number of nitrogens with one attached hydrogen (secondary N) is 1. The molecular weight excluding hydrogens is 816 g/mol. The zero-order chi connectivity index (χ0) is 43.5. The predicted octanol–water partition coefficient (Wildman–Crippen LogP) is 4.83. The number of aromatic nitrogens is 4. The van der Waals surface area contributed by atoms with Crippen LogP contribution in [0, 0.1) is 17.2 Å². The maximum Gasteiger partial charge on any atom is 0.319 e. The molecule has 2 bridgehead atoms. The number of benzene rings is 2. The predicted molar refractivity (Wildman–Crippen MR) is 240 cm³/mol. The number of piperazine rings is 1. The number of carbonyl (C=O) groups is 2. The van der Waals surface area contributed by atoms with Gasteiger partial charge in [0, 0.05) is 94.2 Å². The van der Waals surface area contributed by atoms with Crippen LogP contribution < -0.4 is 19.9 Å². The highest BCUT2D eigenvalue weighted by atomic mass is 19.1. The largest absolute Gasteiger partial charge is 0.508 e. The SMILES string of the molecule is CCc1cccc2cc(O)cc(-c3ncc4c(N5CC6CCC(C5)N6)nc(OCCN5CCC(CN6CC7(C6)CN(c6cc(CC(=O)N8CCC[C@H]8C=O)on6)C7)CC5)nc4c3F)c12. The number of nitrogens with zero attached hydrogens (tertiary/aromatic N) is 9. The minimum atomic E-state index is -0.547. The zero-order valence-corrected chi connectivity index (χ0v) is 36.6. The van der Waals surface area contributed by atoms with Crippen molar-refractivity contribution < 1.29 is 28.3 Å². The third kappa shape index (κ3) is 7.80. The lowest BCUT2D eigenvalue weighted by Crippen LogP contribution is -2.72. The van der Waals surface area contributed by atoms with Gasteiger partial charge in [0.05, 0.1) is 17.8 Å². The number of hydrogen-bond acceptors (Lipinski definition) is 14. The van der Waals surface area contributed by atoms with Crippen LogP contribution in [0.25, 0.3) is 32.9 Å². The summed E-state index contributed by atoms with van der Waals surface area (Å²) in [5.74, 6) is 2.07. The Morgan fingerprint density at radius 3 is 2.59 bits per heavy atom. The summed E-state index contributed by atoms with van der Waals surface area (Å²) in [5.41, 5.74) is 2.22. The fourth-order valence-electron chi connectivity index (χ4n) is 11.7. The van der Waals surface area contributed by atoms with Gasteiger partial charge in [-0.15, -0.1) is 0 Å². The van der Waals surface area contributed by atoms with Crippen molar-refractivity contribution in [2.45, 2.75) is 76.4 Å². The number of carbonyl (C=O) groups excluding carboxylic acids is 2. The molecule has 16 heteroatoms. The van der Waals surface area contributed by atoms with Crippen LogP contribution in [0.5, 0.6) is 11.8 Å². The number of pyridine rings is 1. The number of rotatable bonds is 13. The number of anilines is 2. The number of phenols is 1. The summed E-state index contributed by atoms with van der Waals surface area (Å²) in [4.78, 5) is 49.6. The Balaban J connectivity index is 0.696. The number of aromatic hydroxyl groups is 1. The molecule has 9 heterocycles. The molecule has 1 spiro atoms. The molecule has 5 aromatic rings. The molecule has 6 fully saturated rings. The molecule has 1 amide bonds. The minimum absolute atomic E-state index is 0.0560. The minimum Gasteiger partial charge on any atom is -0.508 e. The van der Waals surface area contributed by atoms with Crippen molar-refractivity contribution in [2.75, 3.05) is 88.4 Å². The quantitative estimate of drug-likeness (QED) is 0.155. The number of aldehydes is 1. The van der Waals surface area contributed by atoms with Crippen molar-refractivity contribution in [3.63, 3.8) is 0 Å². The highest BCUT2D eigenvalue weighted by Crippen LogP contribution is 2.43. The number of phenolic OH excluding ortho intramolecular Hbond substituents is 1. The molecule has 11 rings (SSSR count). The zero-order valence-electron chi connectivity index (χ0n) is 36.6. The van der Waals surface area contributed by atoms with Crippen molar-refractivity contribution in [3.8, 4) is 23.0 Å². The van der Waals surface area contributed by atoms with Crippen LogP contribution in [0.3, 0.4) is 0 Å². The summed E-state index contributed by atoms with van der Waals surface area (Å²) in [6, 6.07) is 11.7. The lowest BCUT2D eigenvalue weighted by molar-refractivity contribution is -0.134. The molecule has 6 saturated heterocycles. The number of likely N-dealkylation sites (tertiary alicyclic amines) is 3. The third-order valence-electron chi connectivity index (χ3n) is 14.8. The van der Waals surface area contributed by atoms with Gasteiger partial charge in [-0.1, -0.05) is 30.3 Å². The standard InChI is InChI=1S/C48H57FN10O5/c1-2-31-5-3-6-32-17-36(61)18-38(42(31)32)44-43(49)45-39(21-50-44)46(57-23-33-8-9-34(24-57)51-33)53-47(52-45)63-16-15-55-13-10-30(11-14-55)22-56-26-48(27-56)28-58(29-48)40-19-37(64-54-40)20-41(62)59-12-4-7-35(59)25-60/h3,5-6,17-19,21,25,30,33-35,51,61H,2,4,7-16,20,22-24,26-29H2,1H3/t33?,34?,35-/m0/s1. The van der Waals surface area contributed by atoms with E-state index < -0.39 is 5.82 Å². The summed E-state index contributed by atoms with van der Waals surface area (Å²) in [6.07, 6.45) is 9.51. The first kappa shape index (κ1) is 41.3. The van der Waals surface area contributed by atoms with Gasteiger partial charge in [0.1, 0.15) is 41.4 Å². The first-order valence-electron chi connectivity index (χ1n) is 23.4. The van der Waals surface area contributed by atoms with E-state index in [0.29, 0.717) is 59.1 Å². The normalized spacial score (nSPS) is 23.6. The number of ether oxygens (including phenoxy) is 1. The first-order chi connectivity index (χ1) is 31.2. The van der Waals surface area contributed by atoms with E-state index in [1.165, 1.54) is 0 Å². The molecular formula is C48H57FN10O5. The van der Waals surface area contributed by atoms with Gasteiger partial charge in [0.2, 0.25) is 5.91 Å². The van der Waals surface area contributed by atoms with Crippen LogP contribution in [0.4, 0.5) is 16.0 Å². The molecule has 336 valence electrons.